The lowest BCUT2D eigenvalue weighted by molar-refractivity contribution is -0.140. The van der Waals surface area contributed by atoms with Crippen LogP contribution in [-0.2, 0) is 14.3 Å². The van der Waals surface area contributed by atoms with Gasteiger partial charge in [0.2, 0.25) is 5.91 Å². The molecule has 0 aliphatic heterocycles. The summed E-state index contributed by atoms with van der Waals surface area (Å²) in [5, 5.41) is 14.3. The lowest BCUT2D eigenvalue weighted by Crippen LogP contribution is -2.48. The van der Waals surface area contributed by atoms with E-state index < -0.39 is 42.3 Å². The first-order valence-electron chi connectivity index (χ1n) is 11.2. The van der Waals surface area contributed by atoms with E-state index in [2.05, 4.69) is 10.6 Å². The summed E-state index contributed by atoms with van der Waals surface area (Å²) in [6, 6.07) is 19.5. The minimum absolute atomic E-state index is 0.0350. The fourth-order valence-electron chi connectivity index (χ4n) is 4.32. The van der Waals surface area contributed by atoms with Gasteiger partial charge in [0.05, 0.1) is 12.5 Å². The van der Waals surface area contributed by atoms with Crippen molar-refractivity contribution in [1.82, 2.24) is 10.6 Å². The lowest BCUT2D eigenvalue weighted by Gasteiger charge is -2.21. The number of benzene rings is 3. The molecule has 0 heterocycles. The first-order chi connectivity index (χ1) is 16.8. The zero-order valence-electron chi connectivity index (χ0n) is 19.0. The maximum atomic E-state index is 13.2. The molecule has 0 bridgehead atoms. The number of carboxylic acids is 1. The zero-order chi connectivity index (χ0) is 24.9. The van der Waals surface area contributed by atoms with Gasteiger partial charge in [0.15, 0.2) is 0 Å². The number of alkyl carbamates (subject to hydrolysis) is 1. The Morgan fingerprint density at radius 3 is 2.06 bits per heavy atom. The standard InChI is InChI=1S/C27H25FN2O5/c1-16(17-10-12-18(28)13-11-17)29-26(33)24(14-25(31)32)30-27(34)35-15-23-21-8-4-2-6-19(21)20-7-3-5-9-22(20)23/h2-13,16,23-24H,14-15H2,1H3,(H,29,33)(H,30,34)(H,31,32). The summed E-state index contributed by atoms with van der Waals surface area (Å²) in [6.07, 6.45) is -1.51. The monoisotopic (exact) mass is 476 g/mol. The lowest BCUT2D eigenvalue weighted by atomic mass is 9.98. The van der Waals surface area contributed by atoms with Gasteiger partial charge in [0.1, 0.15) is 18.5 Å². The minimum atomic E-state index is -1.34. The minimum Gasteiger partial charge on any atom is -0.481 e. The Morgan fingerprint density at radius 1 is 0.914 bits per heavy atom. The van der Waals surface area contributed by atoms with Crippen LogP contribution in [0.1, 0.15) is 42.0 Å². The van der Waals surface area contributed by atoms with Crippen LogP contribution in [-0.4, -0.2) is 35.7 Å². The third-order valence-corrected chi connectivity index (χ3v) is 6.06. The molecule has 0 saturated carbocycles. The molecule has 0 saturated heterocycles. The van der Waals surface area contributed by atoms with Crippen LogP contribution >= 0.6 is 0 Å². The van der Waals surface area contributed by atoms with Gasteiger partial charge in [0, 0.05) is 5.92 Å². The molecule has 0 spiro atoms. The summed E-state index contributed by atoms with van der Waals surface area (Å²) in [5.41, 5.74) is 4.86. The molecule has 3 aromatic carbocycles. The molecule has 8 heteroatoms. The van der Waals surface area contributed by atoms with Crippen LogP contribution < -0.4 is 10.6 Å². The Balaban J connectivity index is 1.40. The van der Waals surface area contributed by atoms with Gasteiger partial charge >= 0.3 is 12.1 Å². The number of rotatable bonds is 8. The van der Waals surface area contributed by atoms with E-state index in [0.717, 1.165) is 22.3 Å². The van der Waals surface area contributed by atoms with Crippen LogP contribution in [0.3, 0.4) is 0 Å². The van der Waals surface area contributed by atoms with Crippen molar-refractivity contribution in [2.24, 2.45) is 0 Å². The molecule has 0 fully saturated rings. The molecule has 1 aliphatic rings. The van der Waals surface area contributed by atoms with Crippen LogP contribution in [0.5, 0.6) is 0 Å². The van der Waals surface area contributed by atoms with Crippen molar-refractivity contribution in [2.45, 2.75) is 31.3 Å². The summed E-state index contributed by atoms with van der Waals surface area (Å²) in [5.74, 6) is -2.51. The highest BCUT2D eigenvalue weighted by atomic mass is 19.1. The highest BCUT2D eigenvalue weighted by molar-refractivity contribution is 5.89. The largest absolute Gasteiger partial charge is 0.481 e. The van der Waals surface area contributed by atoms with Gasteiger partial charge in [-0.05, 0) is 46.9 Å². The second kappa shape index (κ2) is 10.4. The van der Waals surface area contributed by atoms with E-state index in [1.807, 2.05) is 48.5 Å². The van der Waals surface area contributed by atoms with E-state index in [0.29, 0.717) is 5.56 Å². The zero-order valence-corrected chi connectivity index (χ0v) is 19.0. The molecule has 35 heavy (non-hydrogen) atoms. The van der Waals surface area contributed by atoms with Crippen LogP contribution in [0.2, 0.25) is 0 Å². The van der Waals surface area contributed by atoms with Crippen molar-refractivity contribution < 1.29 is 28.6 Å². The SMILES string of the molecule is CC(NC(=O)C(CC(=O)O)NC(=O)OCC1c2ccccc2-c2ccccc21)c1ccc(F)cc1. The van der Waals surface area contributed by atoms with E-state index >= 15 is 0 Å². The normalized spacial score (nSPS) is 13.8. The third-order valence-electron chi connectivity index (χ3n) is 6.06. The van der Waals surface area contributed by atoms with Crippen LogP contribution in [0, 0.1) is 5.82 Å². The fraction of sp³-hybridized carbons (Fsp3) is 0.222. The number of hydrogen-bond acceptors (Lipinski definition) is 4. The van der Waals surface area contributed by atoms with Crippen LogP contribution in [0.15, 0.2) is 72.8 Å². The number of halogens is 1. The molecule has 3 aromatic rings. The van der Waals surface area contributed by atoms with Crippen molar-refractivity contribution in [3.63, 3.8) is 0 Å². The van der Waals surface area contributed by atoms with E-state index in [1.54, 1.807) is 6.92 Å². The fourth-order valence-corrected chi connectivity index (χ4v) is 4.32. The van der Waals surface area contributed by atoms with Gasteiger partial charge in [-0.15, -0.1) is 0 Å². The van der Waals surface area contributed by atoms with E-state index in [-0.39, 0.29) is 12.5 Å². The van der Waals surface area contributed by atoms with E-state index in [1.165, 1.54) is 24.3 Å². The highest BCUT2D eigenvalue weighted by Crippen LogP contribution is 2.44. The number of carbonyl (C=O) groups excluding carboxylic acids is 2. The molecule has 2 unspecified atom stereocenters. The quantitative estimate of drug-likeness (QED) is 0.447. The molecule has 2 amide bonds. The Morgan fingerprint density at radius 2 is 1.49 bits per heavy atom. The second-order valence-corrected chi connectivity index (χ2v) is 8.40. The smallest absolute Gasteiger partial charge is 0.407 e. The topological polar surface area (TPSA) is 105 Å². The number of nitrogens with one attached hydrogen (secondary N) is 2. The van der Waals surface area contributed by atoms with Gasteiger partial charge in [-0.1, -0.05) is 60.7 Å². The number of ether oxygens (including phenoxy) is 1. The van der Waals surface area contributed by atoms with Crippen molar-refractivity contribution in [1.29, 1.82) is 0 Å². The molecule has 0 radical (unpaired) electrons. The Bertz CT molecular complexity index is 1200. The van der Waals surface area contributed by atoms with Gasteiger partial charge in [-0.2, -0.15) is 0 Å². The summed E-state index contributed by atoms with van der Waals surface area (Å²) >= 11 is 0. The molecular formula is C27H25FN2O5. The highest BCUT2D eigenvalue weighted by Gasteiger charge is 2.30. The number of amides is 2. The molecule has 1 aliphatic carbocycles. The first kappa shape index (κ1) is 23.9. The Labute approximate surface area is 201 Å². The van der Waals surface area contributed by atoms with Crippen molar-refractivity contribution in [3.8, 4) is 11.1 Å². The molecule has 2 atom stereocenters. The molecule has 4 rings (SSSR count). The molecule has 3 N–H and O–H groups in total. The predicted octanol–water partition coefficient (Wildman–Crippen LogP) is 4.38. The molecule has 0 aromatic heterocycles. The van der Waals surface area contributed by atoms with Crippen molar-refractivity contribution >= 4 is 18.0 Å². The van der Waals surface area contributed by atoms with Crippen molar-refractivity contribution in [2.75, 3.05) is 6.61 Å². The second-order valence-electron chi connectivity index (χ2n) is 8.40. The Hall–Kier alpha value is -4.20. The summed E-state index contributed by atoms with van der Waals surface area (Å²) < 4.78 is 18.6. The molecule has 180 valence electrons. The van der Waals surface area contributed by atoms with Gasteiger partial charge < -0.3 is 20.5 Å². The third kappa shape index (κ3) is 5.48. The van der Waals surface area contributed by atoms with E-state index in [4.69, 9.17) is 4.74 Å². The number of carbonyl (C=O) groups is 3. The maximum absolute atomic E-state index is 13.2. The number of fused-ring (bicyclic) bond motifs is 3. The van der Waals surface area contributed by atoms with Gasteiger partial charge in [-0.3, -0.25) is 9.59 Å². The number of aliphatic carboxylic acids is 1. The maximum Gasteiger partial charge on any atom is 0.407 e. The van der Waals surface area contributed by atoms with Gasteiger partial charge in [0.25, 0.3) is 0 Å². The summed E-state index contributed by atoms with van der Waals surface area (Å²) in [6.45, 7) is 1.71. The van der Waals surface area contributed by atoms with Crippen molar-refractivity contribution in [3.05, 3.63) is 95.3 Å². The summed E-state index contributed by atoms with van der Waals surface area (Å²) in [4.78, 5) is 36.6. The Kier molecular flexibility index (Phi) is 7.10. The predicted molar refractivity (Wildman–Crippen MR) is 127 cm³/mol. The van der Waals surface area contributed by atoms with Crippen LogP contribution in [0.4, 0.5) is 9.18 Å². The van der Waals surface area contributed by atoms with Gasteiger partial charge in [-0.25, -0.2) is 9.18 Å². The molecular weight excluding hydrogens is 451 g/mol. The number of carboxylic acid groups (broad SMARTS) is 1. The first-order valence-corrected chi connectivity index (χ1v) is 11.2. The summed E-state index contributed by atoms with van der Waals surface area (Å²) in [7, 11) is 0. The average Bonchev–Trinajstić information content (AvgIpc) is 3.16. The number of hydrogen-bond donors (Lipinski definition) is 3. The van der Waals surface area contributed by atoms with Crippen LogP contribution in [0.25, 0.3) is 11.1 Å². The molecule has 7 nitrogen and oxygen atoms in total. The van der Waals surface area contributed by atoms with E-state index in [9.17, 15) is 23.9 Å². The average molecular weight is 477 g/mol.